The van der Waals surface area contributed by atoms with Gasteiger partial charge in [-0.3, -0.25) is 0 Å². The zero-order valence-electron chi connectivity index (χ0n) is 19.3. The number of aliphatic hydroxyl groups is 3. The molecule has 1 saturated heterocycles. The van der Waals surface area contributed by atoms with Crippen molar-refractivity contribution in [3.05, 3.63) is 23.8 Å². The Hall–Kier alpha value is -1.05. The van der Waals surface area contributed by atoms with Crippen LogP contribution in [0.15, 0.2) is 23.8 Å². The van der Waals surface area contributed by atoms with Crippen LogP contribution in [0, 0.1) is 22.7 Å². The average Bonchev–Trinajstić information content (AvgIpc) is 2.73. The first-order valence-electron chi connectivity index (χ1n) is 11.7. The van der Waals surface area contributed by atoms with Gasteiger partial charge in [0.2, 0.25) is 0 Å². The highest BCUT2D eigenvalue weighted by Crippen LogP contribution is 2.61. The van der Waals surface area contributed by atoms with Crippen molar-refractivity contribution in [3.8, 4) is 0 Å². The first-order valence-corrected chi connectivity index (χ1v) is 11.7. The summed E-state index contributed by atoms with van der Waals surface area (Å²) < 4.78 is 10.8. The van der Waals surface area contributed by atoms with Gasteiger partial charge >= 0.3 is 0 Å². The molecule has 3 fully saturated rings. The van der Waals surface area contributed by atoms with Crippen LogP contribution < -0.4 is 0 Å². The maximum Gasteiger partial charge on any atom is 0.186 e. The van der Waals surface area contributed by atoms with Crippen molar-refractivity contribution in [2.45, 2.75) is 90.3 Å². The summed E-state index contributed by atoms with van der Waals surface area (Å²) >= 11 is 0. The summed E-state index contributed by atoms with van der Waals surface area (Å²) in [5.41, 5.74) is 2.42. The summed E-state index contributed by atoms with van der Waals surface area (Å²) in [5.74, 6) is 0.830. The Morgan fingerprint density at radius 3 is 2.71 bits per heavy atom. The quantitative estimate of drug-likeness (QED) is 0.419. The third-order valence-corrected chi connectivity index (χ3v) is 8.31. The Morgan fingerprint density at radius 1 is 1.26 bits per heavy atom. The van der Waals surface area contributed by atoms with E-state index in [4.69, 9.17) is 9.47 Å². The summed E-state index contributed by atoms with van der Waals surface area (Å²) in [4.78, 5) is 11.9. The van der Waals surface area contributed by atoms with Crippen LogP contribution >= 0.6 is 0 Å². The molecule has 1 aliphatic heterocycles. The van der Waals surface area contributed by atoms with Gasteiger partial charge in [0, 0.05) is 5.41 Å². The normalized spacial score (nSPS) is 44.1. The summed E-state index contributed by atoms with van der Waals surface area (Å²) in [5, 5.41) is 29.2. The van der Waals surface area contributed by atoms with Gasteiger partial charge in [0.05, 0.1) is 13.2 Å². The summed E-state index contributed by atoms with van der Waals surface area (Å²) in [6.07, 6.45) is 5.87. The van der Waals surface area contributed by atoms with Crippen LogP contribution in [0.1, 0.15) is 65.7 Å². The number of hydrogen-bond donors (Lipinski definition) is 3. The Labute approximate surface area is 186 Å². The first kappa shape index (κ1) is 24.6. The highest BCUT2D eigenvalue weighted by molar-refractivity contribution is 5.60. The molecule has 3 aliphatic rings. The molecule has 0 bridgehead atoms. The summed E-state index contributed by atoms with van der Waals surface area (Å²) in [6, 6.07) is 0. The van der Waals surface area contributed by atoms with Gasteiger partial charge in [-0.15, -0.1) is 0 Å². The van der Waals surface area contributed by atoms with E-state index in [2.05, 4.69) is 27.4 Å². The zero-order valence-corrected chi connectivity index (χ0v) is 19.3. The van der Waals surface area contributed by atoms with E-state index in [0.29, 0.717) is 11.8 Å². The molecule has 3 N–H and O–H groups in total. The lowest BCUT2D eigenvalue weighted by atomic mass is 9.47. The van der Waals surface area contributed by atoms with E-state index < -0.39 is 24.6 Å². The largest absolute Gasteiger partial charge is 0.388 e. The lowest BCUT2D eigenvalue weighted by Crippen LogP contribution is -2.53. The number of fused-ring (bicyclic) bond motifs is 1. The van der Waals surface area contributed by atoms with Crippen molar-refractivity contribution in [1.82, 2.24) is 0 Å². The average molecular weight is 437 g/mol. The maximum atomic E-state index is 11.9. The monoisotopic (exact) mass is 436 g/mol. The minimum atomic E-state index is -1.27. The van der Waals surface area contributed by atoms with Gasteiger partial charge in [0.1, 0.15) is 24.6 Å². The first-order chi connectivity index (χ1) is 14.6. The number of ether oxygens (including phenoxy) is 2. The molecule has 0 aromatic heterocycles. The van der Waals surface area contributed by atoms with Gasteiger partial charge in [0.25, 0.3) is 0 Å². The fraction of sp³-hybridized carbons (Fsp3) is 0.800. The number of aliphatic hydroxyl groups excluding tert-OH is 3. The third kappa shape index (κ3) is 4.98. The number of hydrogen-bond acceptors (Lipinski definition) is 6. The zero-order chi connectivity index (χ0) is 22.8. The fourth-order valence-corrected chi connectivity index (χ4v) is 6.36. The molecular formula is C25H40O6. The van der Waals surface area contributed by atoms with Crippen molar-refractivity contribution in [3.63, 3.8) is 0 Å². The van der Waals surface area contributed by atoms with Gasteiger partial charge in [-0.05, 0) is 62.7 Å². The molecule has 0 amide bonds. The maximum absolute atomic E-state index is 11.9. The second-order valence-electron chi connectivity index (χ2n) is 10.5. The second kappa shape index (κ2) is 9.84. The minimum absolute atomic E-state index is 0.0607. The summed E-state index contributed by atoms with van der Waals surface area (Å²) in [7, 11) is 0. The molecule has 31 heavy (non-hydrogen) atoms. The third-order valence-electron chi connectivity index (χ3n) is 8.31. The lowest BCUT2D eigenvalue weighted by Gasteiger charge is -2.57. The van der Waals surface area contributed by atoms with E-state index in [1.54, 1.807) is 0 Å². The molecule has 0 aromatic carbocycles. The minimum Gasteiger partial charge on any atom is -0.388 e. The van der Waals surface area contributed by atoms with E-state index in [0.717, 1.165) is 44.9 Å². The molecule has 6 heteroatoms. The fourth-order valence-electron chi connectivity index (χ4n) is 6.36. The van der Waals surface area contributed by atoms with Crippen molar-refractivity contribution >= 4 is 6.29 Å². The molecule has 0 spiro atoms. The van der Waals surface area contributed by atoms with Gasteiger partial charge in [-0.25, -0.2) is 0 Å². The molecule has 0 radical (unpaired) electrons. The molecule has 2 saturated carbocycles. The SMILES string of the molecule is C=C1CCC2C(C)(C=O)CCCC2(C)C1CCC(C)=CCOC1OCC(O)C(O)C1O. The Balaban J connectivity index is 1.56. The summed E-state index contributed by atoms with van der Waals surface area (Å²) in [6.45, 7) is 11.2. The van der Waals surface area contributed by atoms with E-state index in [9.17, 15) is 20.1 Å². The van der Waals surface area contributed by atoms with E-state index in [1.165, 1.54) is 17.4 Å². The Bertz CT molecular complexity index is 689. The number of carbonyl (C=O) groups is 1. The molecule has 176 valence electrons. The van der Waals surface area contributed by atoms with Crippen LogP contribution in [0.3, 0.4) is 0 Å². The molecule has 8 unspecified atom stereocenters. The number of carbonyl (C=O) groups excluding carboxylic acids is 1. The van der Waals surface area contributed by atoms with Crippen molar-refractivity contribution in [2.24, 2.45) is 22.7 Å². The molecule has 6 nitrogen and oxygen atoms in total. The van der Waals surface area contributed by atoms with Gasteiger partial charge in [-0.2, -0.15) is 0 Å². The van der Waals surface area contributed by atoms with Crippen LogP contribution in [0.2, 0.25) is 0 Å². The van der Waals surface area contributed by atoms with E-state index in [-0.39, 0.29) is 24.0 Å². The van der Waals surface area contributed by atoms with Gasteiger partial charge < -0.3 is 29.6 Å². The number of allylic oxidation sites excluding steroid dienone is 2. The van der Waals surface area contributed by atoms with Crippen LogP contribution in [-0.2, 0) is 14.3 Å². The number of aldehydes is 1. The number of rotatable bonds is 7. The highest BCUT2D eigenvalue weighted by atomic mass is 16.7. The lowest BCUT2D eigenvalue weighted by molar-refractivity contribution is -0.266. The standard InChI is InChI=1S/C25H40O6/c1-16(10-13-30-23-22(29)21(28)19(27)14-31-23)6-8-18-17(2)7-9-20-24(3,15-26)11-5-12-25(18,20)4/h10,15,18-23,27-29H,2,5-9,11-14H2,1,3-4H3. The van der Waals surface area contributed by atoms with Crippen LogP contribution in [0.5, 0.6) is 0 Å². The molecule has 8 atom stereocenters. The predicted molar refractivity (Wildman–Crippen MR) is 118 cm³/mol. The van der Waals surface area contributed by atoms with Gasteiger partial charge in [0.15, 0.2) is 6.29 Å². The van der Waals surface area contributed by atoms with E-state index in [1.807, 2.05) is 6.08 Å². The van der Waals surface area contributed by atoms with Crippen LogP contribution in [0.4, 0.5) is 0 Å². The molecule has 1 heterocycles. The smallest absolute Gasteiger partial charge is 0.186 e. The second-order valence-corrected chi connectivity index (χ2v) is 10.5. The Kier molecular flexibility index (Phi) is 7.80. The molecular weight excluding hydrogens is 396 g/mol. The van der Waals surface area contributed by atoms with Gasteiger partial charge in [-0.1, -0.05) is 44.1 Å². The van der Waals surface area contributed by atoms with E-state index >= 15 is 0 Å². The molecule has 2 aliphatic carbocycles. The van der Waals surface area contributed by atoms with Crippen molar-refractivity contribution in [1.29, 1.82) is 0 Å². The topological polar surface area (TPSA) is 96.2 Å². The highest BCUT2D eigenvalue weighted by Gasteiger charge is 2.54. The Morgan fingerprint density at radius 2 is 2.00 bits per heavy atom. The molecule has 3 rings (SSSR count). The van der Waals surface area contributed by atoms with Crippen molar-refractivity contribution < 1.29 is 29.6 Å². The van der Waals surface area contributed by atoms with Crippen molar-refractivity contribution in [2.75, 3.05) is 13.2 Å². The molecule has 0 aromatic rings. The van der Waals surface area contributed by atoms with Crippen LogP contribution in [0.25, 0.3) is 0 Å². The van der Waals surface area contributed by atoms with Crippen LogP contribution in [-0.4, -0.2) is 59.4 Å². The predicted octanol–water partition coefficient (Wildman–Crippen LogP) is 3.15.